The van der Waals surface area contributed by atoms with Gasteiger partial charge in [-0.3, -0.25) is 9.89 Å². The van der Waals surface area contributed by atoms with E-state index in [1.54, 1.807) is 23.5 Å². The van der Waals surface area contributed by atoms with Crippen molar-refractivity contribution in [3.63, 3.8) is 0 Å². The minimum atomic E-state index is -0.655. The summed E-state index contributed by atoms with van der Waals surface area (Å²) >= 11 is 1.60. The van der Waals surface area contributed by atoms with E-state index >= 15 is 0 Å². The minimum Gasteiger partial charge on any atom is -0.394 e. The summed E-state index contributed by atoms with van der Waals surface area (Å²) < 4.78 is 14.6. The van der Waals surface area contributed by atoms with E-state index in [1.807, 2.05) is 47.9 Å². The molecule has 146 valence electrons. The van der Waals surface area contributed by atoms with Crippen LogP contribution < -0.4 is 5.32 Å². The van der Waals surface area contributed by atoms with Crippen LogP contribution in [0.2, 0.25) is 0 Å². The third-order valence-electron chi connectivity index (χ3n) is 4.56. The molecular weight excluding hydrogens is 389 g/mol. The summed E-state index contributed by atoms with van der Waals surface area (Å²) in [7, 11) is 0. The first-order chi connectivity index (χ1) is 14.2. The lowest BCUT2D eigenvalue weighted by Crippen LogP contribution is -2.31. The number of amides is 1. The van der Waals surface area contributed by atoms with Crippen LogP contribution in [0.4, 0.5) is 4.39 Å². The monoisotopic (exact) mass is 407 g/mol. The van der Waals surface area contributed by atoms with Crippen molar-refractivity contribution in [2.75, 3.05) is 6.61 Å². The number of nitrogens with one attached hydrogen (secondary N) is 2. The van der Waals surface area contributed by atoms with Crippen molar-refractivity contribution < 1.29 is 14.3 Å². The Hall–Kier alpha value is -3.29. The molecule has 2 aromatic heterocycles. The van der Waals surface area contributed by atoms with Crippen LogP contribution in [-0.4, -0.2) is 27.8 Å². The number of halogens is 1. The van der Waals surface area contributed by atoms with Crippen molar-refractivity contribution in [3.8, 4) is 0 Å². The molecule has 1 amide bonds. The maximum Gasteiger partial charge on any atom is 0.254 e. The number of hydrogen-bond acceptors (Lipinski definition) is 4. The molecule has 0 fully saturated rings. The molecule has 0 unspecified atom stereocenters. The van der Waals surface area contributed by atoms with Crippen LogP contribution in [0.3, 0.4) is 0 Å². The smallest absolute Gasteiger partial charge is 0.254 e. The van der Waals surface area contributed by atoms with Gasteiger partial charge in [0, 0.05) is 16.3 Å². The summed E-state index contributed by atoms with van der Waals surface area (Å²) in [6.07, 6.45) is 3.74. The maximum absolute atomic E-state index is 14.6. The number of H-pyrrole nitrogens is 1. The molecule has 1 atom stereocenters. The summed E-state index contributed by atoms with van der Waals surface area (Å²) in [5.41, 5.74) is 1.77. The number of hydrogen-bond donors (Lipinski definition) is 3. The summed E-state index contributed by atoms with van der Waals surface area (Å²) in [6.45, 7) is -0.292. The van der Waals surface area contributed by atoms with E-state index in [2.05, 4.69) is 15.5 Å². The zero-order valence-corrected chi connectivity index (χ0v) is 16.1. The number of thiophene rings is 1. The van der Waals surface area contributed by atoms with Gasteiger partial charge in [0.25, 0.3) is 5.91 Å². The quantitative estimate of drug-likeness (QED) is 0.443. The van der Waals surface area contributed by atoms with Gasteiger partial charge in [0.05, 0.1) is 29.4 Å². The number of aliphatic hydroxyl groups excluding tert-OH is 1. The Balaban J connectivity index is 1.63. The van der Waals surface area contributed by atoms with Crippen LogP contribution in [0.5, 0.6) is 0 Å². The molecule has 5 nitrogen and oxygen atoms in total. The number of benzene rings is 2. The van der Waals surface area contributed by atoms with E-state index in [1.165, 1.54) is 12.1 Å². The number of aromatic nitrogens is 2. The number of fused-ring (bicyclic) bond motifs is 1. The molecule has 4 rings (SSSR count). The second-order valence-electron chi connectivity index (χ2n) is 6.45. The van der Waals surface area contributed by atoms with Gasteiger partial charge in [-0.2, -0.15) is 5.10 Å². The number of rotatable bonds is 6. The van der Waals surface area contributed by atoms with Crippen molar-refractivity contribution in [1.82, 2.24) is 15.5 Å². The van der Waals surface area contributed by atoms with E-state index in [-0.39, 0.29) is 12.2 Å². The molecule has 0 aliphatic carbocycles. The Morgan fingerprint density at radius 1 is 1.21 bits per heavy atom. The number of aliphatic hydroxyl groups is 1. The molecule has 29 heavy (non-hydrogen) atoms. The first-order valence-corrected chi connectivity index (χ1v) is 9.89. The van der Waals surface area contributed by atoms with Gasteiger partial charge >= 0.3 is 0 Å². The van der Waals surface area contributed by atoms with Crippen molar-refractivity contribution in [3.05, 3.63) is 87.5 Å². The summed E-state index contributed by atoms with van der Waals surface area (Å²) in [5, 5.41) is 22.0. The fourth-order valence-corrected chi connectivity index (χ4v) is 3.68. The number of nitrogens with zero attached hydrogens (tertiary/aromatic N) is 1. The molecule has 0 aliphatic heterocycles. The van der Waals surface area contributed by atoms with E-state index in [9.17, 15) is 14.3 Å². The highest BCUT2D eigenvalue weighted by molar-refractivity contribution is 7.10. The SMILES string of the molecule is O=C(N[C@H](CO)c1ccccc1)c1cc2c(C=Cc3cccs3)n[nH]c2cc1F. The predicted molar refractivity (Wildman–Crippen MR) is 113 cm³/mol. The predicted octanol–water partition coefficient (Wildman–Crippen LogP) is 4.40. The molecular formula is C22H18FN3O2S. The first kappa shape index (κ1) is 19.0. The van der Waals surface area contributed by atoms with E-state index in [0.717, 1.165) is 10.4 Å². The van der Waals surface area contributed by atoms with Gasteiger partial charge in [0.1, 0.15) is 5.82 Å². The molecule has 7 heteroatoms. The summed E-state index contributed by atoms with van der Waals surface area (Å²) in [4.78, 5) is 13.8. The van der Waals surface area contributed by atoms with Gasteiger partial charge < -0.3 is 10.4 Å². The molecule has 0 bridgehead atoms. The standard InChI is InChI=1S/C22H18FN3O2S/c23-18-12-20-17(19(25-26-20)9-8-15-7-4-10-29-15)11-16(18)22(28)24-21(13-27)14-5-2-1-3-6-14/h1-12,21,27H,13H2,(H,24,28)(H,25,26)/t21-/m1/s1. The van der Waals surface area contributed by atoms with Crippen LogP contribution in [0.1, 0.15) is 32.5 Å². The van der Waals surface area contributed by atoms with Gasteiger partial charge in [0.2, 0.25) is 0 Å². The Kier molecular flexibility index (Phi) is 5.50. The van der Waals surface area contributed by atoms with Crippen molar-refractivity contribution in [1.29, 1.82) is 0 Å². The van der Waals surface area contributed by atoms with Crippen LogP contribution in [0.15, 0.2) is 60.0 Å². The minimum absolute atomic E-state index is 0.0981. The van der Waals surface area contributed by atoms with Gasteiger partial charge in [-0.15, -0.1) is 11.3 Å². The zero-order valence-electron chi connectivity index (χ0n) is 15.3. The topological polar surface area (TPSA) is 78.0 Å². The van der Waals surface area contributed by atoms with E-state index in [0.29, 0.717) is 16.6 Å². The normalized spacial score (nSPS) is 12.5. The third kappa shape index (κ3) is 4.11. The molecule has 0 saturated carbocycles. The second-order valence-corrected chi connectivity index (χ2v) is 7.43. The fourth-order valence-electron chi connectivity index (χ4n) is 3.06. The lowest BCUT2D eigenvalue weighted by Gasteiger charge is -2.17. The second kappa shape index (κ2) is 8.38. The van der Waals surface area contributed by atoms with Gasteiger partial charge in [-0.25, -0.2) is 4.39 Å². The van der Waals surface area contributed by atoms with Gasteiger partial charge in [0.15, 0.2) is 0 Å². The van der Waals surface area contributed by atoms with E-state index < -0.39 is 17.8 Å². The Labute approximate surface area is 170 Å². The Morgan fingerprint density at radius 3 is 2.76 bits per heavy atom. The first-order valence-electron chi connectivity index (χ1n) is 9.01. The third-order valence-corrected chi connectivity index (χ3v) is 5.40. The van der Waals surface area contributed by atoms with Crippen molar-refractivity contribution >= 4 is 40.3 Å². The maximum atomic E-state index is 14.6. The fraction of sp³-hybridized carbons (Fsp3) is 0.0909. The number of aromatic amines is 1. The van der Waals surface area contributed by atoms with E-state index in [4.69, 9.17) is 0 Å². The van der Waals surface area contributed by atoms with Crippen LogP contribution in [0.25, 0.3) is 23.1 Å². The van der Waals surface area contributed by atoms with Gasteiger partial charge in [-0.1, -0.05) is 36.4 Å². The lowest BCUT2D eigenvalue weighted by molar-refractivity contribution is 0.0912. The van der Waals surface area contributed by atoms with Crippen LogP contribution in [-0.2, 0) is 0 Å². The van der Waals surface area contributed by atoms with Crippen molar-refractivity contribution in [2.45, 2.75) is 6.04 Å². The lowest BCUT2D eigenvalue weighted by atomic mass is 10.1. The molecule has 0 spiro atoms. The van der Waals surface area contributed by atoms with Crippen LogP contribution >= 0.6 is 11.3 Å². The number of carbonyl (C=O) groups is 1. The zero-order chi connectivity index (χ0) is 20.2. The summed E-state index contributed by atoms with van der Waals surface area (Å²) in [6, 6.07) is 15.1. The average Bonchev–Trinajstić information content (AvgIpc) is 3.39. The molecule has 0 radical (unpaired) electrons. The number of carbonyl (C=O) groups excluding carboxylic acids is 1. The molecule has 0 saturated heterocycles. The van der Waals surface area contributed by atoms with Gasteiger partial charge in [-0.05, 0) is 35.2 Å². The highest BCUT2D eigenvalue weighted by atomic mass is 32.1. The summed E-state index contributed by atoms with van der Waals surface area (Å²) in [5.74, 6) is -1.25. The van der Waals surface area contributed by atoms with Crippen molar-refractivity contribution in [2.24, 2.45) is 0 Å². The Bertz CT molecular complexity index is 1150. The molecule has 3 N–H and O–H groups in total. The highest BCUT2D eigenvalue weighted by Crippen LogP contribution is 2.24. The van der Waals surface area contributed by atoms with Crippen LogP contribution in [0, 0.1) is 5.82 Å². The molecule has 4 aromatic rings. The molecule has 0 aliphatic rings. The largest absolute Gasteiger partial charge is 0.394 e. The highest BCUT2D eigenvalue weighted by Gasteiger charge is 2.19. The Morgan fingerprint density at radius 2 is 2.03 bits per heavy atom. The molecule has 2 aromatic carbocycles. The average molecular weight is 407 g/mol. The molecule has 2 heterocycles.